The van der Waals surface area contributed by atoms with E-state index in [0.29, 0.717) is 0 Å². The number of hydrogen-bond donors (Lipinski definition) is 1. The van der Waals surface area contributed by atoms with E-state index in [1.54, 1.807) is 23.5 Å². The number of aromatic nitrogens is 1. The first kappa shape index (κ1) is 11.2. The largest absolute Gasteiger partial charge is 0.312 e. The normalized spacial score (nSPS) is 10.6. The minimum absolute atomic E-state index is 0.215. The molecule has 0 atom stereocenters. The molecular weight excluding hydrogens is 223 g/mol. The fourth-order valence-corrected chi connectivity index (χ4v) is 2.25. The summed E-state index contributed by atoms with van der Waals surface area (Å²) in [4.78, 5) is 5.52. The highest BCUT2D eigenvalue weighted by Crippen LogP contribution is 2.25. The number of benzene rings is 1. The zero-order valence-electron chi connectivity index (χ0n) is 9.03. The molecule has 0 saturated carbocycles. The van der Waals surface area contributed by atoms with Gasteiger partial charge >= 0.3 is 0 Å². The molecule has 0 aliphatic heterocycles. The van der Waals surface area contributed by atoms with Gasteiger partial charge in [-0.3, -0.25) is 0 Å². The summed E-state index contributed by atoms with van der Waals surface area (Å²) < 4.78 is 12.7. The Hall–Kier alpha value is -1.26. The van der Waals surface area contributed by atoms with Crippen LogP contribution in [0.15, 0.2) is 30.5 Å². The molecule has 1 heterocycles. The number of nitrogens with zero attached hydrogens (tertiary/aromatic N) is 1. The van der Waals surface area contributed by atoms with Crippen molar-refractivity contribution >= 4 is 11.3 Å². The summed E-state index contributed by atoms with van der Waals surface area (Å²) in [6.07, 6.45) is 1.87. The molecule has 0 fully saturated rings. The summed E-state index contributed by atoms with van der Waals surface area (Å²) in [5.41, 5.74) is 0.967. The molecule has 0 amide bonds. The molecule has 0 aliphatic rings. The van der Waals surface area contributed by atoms with Crippen LogP contribution >= 0.6 is 11.3 Å². The molecule has 84 valence electrons. The lowest BCUT2D eigenvalue weighted by atomic mass is 10.2. The molecule has 0 bridgehead atoms. The van der Waals surface area contributed by atoms with E-state index in [2.05, 4.69) is 17.2 Å². The predicted octanol–water partition coefficient (Wildman–Crippen LogP) is 3.06. The van der Waals surface area contributed by atoms with Crippen molar-refractivity contribution in [3.8, 4) is 10.6 Å². The second kappa shape index (κ2) is 5.18. The highest BCUT2D eigenvalue weighted by molar-refractivity contribution is 7.15. The smallest absolute Gasteiger partial charge is 0.123 e. The first-order valence-electron chi connectivity index (χ1n) is 5.21. The van der Waals surface area contributed by atoms with E-state index in [9.17, 15) is 4.39 Å². The highest BCUT2D eigenvalue weighted by atomic mass is 32.1. The highest BCUT2D eigenvalue weighted by Gasteiger charge is 2.04. The van der Waals surface area contributed by atoms with Crippen molar-refractivity contribution in [2.45, 2.75) is 13.5 Å². The van der Waals surface area contributed by atoms with Gasteiger partial charge in [0.2, 0.25) is 0 Å². The van der Waals surface area contributed by atoms with Gasteiger partial charge in [-0.05, 0) is 30.8 Å². The molecule has 1 N–H and O–H groups in total. The number of thiazole rings is 1. The van der Waals surface area contributed by atoms with Gasteiger partial charge in [0.05, 0.1) is 0 Å². The van der Waals surface area contributed by atoms with E-state index < -0.39 is 0 Å². The van der Waals surface area contributed by atoms with Gasteiger partial charge in [0, 0.05) is 23.2 Å². The quantitative estimate of drug-likeness (QED) is 0.882. The third kappa shape index (κ3) is 2.65. The van der Waals surface area contributed by atoms with Gasteiger partial charge in [0.25, 0.3) is 0 Å². The Morgan fingerprint density at radius 2 is 2.06 bits per heavy atom. The molecule has 0 aliphatic carbocycles. The van der Waals surface area contributed by atoms with E-state index in [1.165, 1.54) is 17.0 Å². The molecular formula is C12H13FN2S. The average molecular weight is 236 g/mol. The number of hydrogen-bond acceptors (Lipinski definition) is 3. The molecule has 0 radical (unpaired) electrons. The Morgan fingerprint density at radius 1 is 1.31 bits per heavy atom. The van der Waals surface area contributed by atoms with Gasteiger partial charge in [0.15, 0.2) is 0 Å². The van der Waals surface area contributed by atoms with Crippen molar-refractivity contribution in [2.75, 3.05) is 6.54 Å². The maximum atomic E-state index is 12.7. The number of halogens is 1. The average Bonchev–Trinajstić information content (AvgIpc) is 2.76. The Morgan fingerprint density at radius 3 is 2.75 bits per heavy atom. The summed E-state index contributed by atoms with van der Waals surface area (Å²) in [5, 5.41) is 4.19. The lowest BCUT2D eigenvalue weighted by molar-refractivity contribution is 0.628. The van der Waals surface area contributed by atoms with Crippen LogP contribution in [0.5, 0.6) is 0 Å². The molecule has 1 aromatic heterocycles. The van der Waals surface area contributed by atoms with Crippen molar-refractivity contribution in [2.24, 2.45) is 0 Å². The minimum atomic E-state index is -0.215. The molecule has 16 heavy (non-hydrogen) atoms. The van der Waals surface area contributed by atoms with Crippen LogP contribution in [0.2, 0.25) is 0 Å². The molecule has 0 spiro atoms. The van der Waals surface area contributed by atoms with Crippen molar-refractivity contribution in [3.05, 3.63) is 41.2 Å². The van der Waals surface area contributed by atoms with Crippen molar-refractivity contribution in [3.63, 3.8) is 0 Å². The van der Waals surface area contributed by atoms with Crippen LogP contribution in [0, 0.1) is 5.82 Å². The Kier molecular flexibility index (Phi) is 3.64. The van der Waals surface area contributed by atoms with Gasteiger partial charge in [-0.2, -0.15) is 0 Å². The van der Waals surface area contributed by atoms with E-state index in [0.717, 1.165) is 23.7 Å². The fourth-order valence-electron chi connectivity index (χ4n) is 1.36. The minimum Gasteiger partial charge on any atom is -0.312 e. The first-order valence-corrected chi connectivity index (χ1v) is 6.02. The summed E-state index contributed by atoms with van der Waals surface area (Å²) in [5.74, 6) is -0.215. The second-order valence-electron chi connectivity index (χ2n) is 3.42. The maximum absolute atomic E-state index is 12.7. The van der Waals surface area contributed by atoms with Crippen molar-refractivity contribution in [1.29, 1.82) is 0 Å². The monoisotopic (exact) mass is 236 g/mol. The van der Waals surface area contributed by atoms with Crippen LogP contribution in [-0.4, -0.2) is 11.5 Å². The molecule has 2 nitrogen and oxygen atoms in total. The van der Waals surface area contributed by atoms with Crippen molar-refractivity contribution in [1.82, 2.24) is 10.3 Å². The summed E-state index contributed by atoms with van der Waals surface area (Å²) >= 11 is 1.64. The first-order chi connectivity index (χ1) is 7.79. The zero-order valence-corrected chi connectivity index (χ0v) is 9.85. The summed E-state index contributed by atoms with van der Waals surface area (Å²) in [7, 11) is 0. The third-order valence-electron chi connectivity index (χ3n) is 2.19. The van der Waals surface area contributed by atoms with Crippen LogP contribution in [-0.2, 0) is 6.54 Å². The van der Waals surface area contributed by atoms with Gasteiger partial charge < -0.3 is 5.32 Å². The molecule has 0 unspecified atom stereocenters. The second-order valence-corrected chi connectivity index (χ2v) is 4.53. The Balaban J connectivity index is 2.15. The molecule has 1 aromatic carbocycles. The summed E-state index contributed by atoms with van der Waals surface area (Å²) in [6, 6.07) is 6.43. The number of rotatable bonds is 4. The lowest BCUT2D eigenvalue weighted by Gasteiger charge is -1.96. The SMILES string of the molecule is CCNCc1cnc(-c2ccc(F)cc2)s1. The van der Waals surface area contributed by atoms with E-state index in [4.69, 9.17) is 0 Å². The van der Waals surface area contributed by atoms with Gasteiger partial charge in [0.1, 0.15) is 10.8 Å². The molecule has 2 aromatic rings. The maximum Gasteiger partial charge on any atom is 0.123 e. The lowest BCUT2D eigenvalue weighted by Crippen LogP contribution is -2.10. The third-order valence-corrected chi connectivity index (χ3v) is 3.24. The number of nitrogens with one attached hydrogen (secondary N) is 1. The van der Waals surface area contributed by atoms with Gasteiger partial charge in [-0.1, -0.05) is 6.92 Å². The summed E-state index contributed by atoms with van der Waals surface area (Å²) in [6.45, 7) is 3.86. The topological polar surface area (TPSA) is 24.9 Å². The standard InChI is InChI=1S/C12H13FN2S/c1-2-14-7-11-8-15-12(16-11)9-3-5-10(13)6-4-9/h3-6,8,14H,2,7H2,1H3. The molecule has 0 saturated heterocycles. The van der Waals surface area contributed by atoms with E-state index in [-0.39, 0.29) is 5.82 Å². The molecule has 4 heteroatoms. The van der Waals surface area contributed by atoms with E-state index in [1.807, 2.05) is 6.20 Å². The Labute approximate surface area is 98.2 Å². The zero-order chi connectivity index (χ0) is 11.4. The van der Waals surface area contributed by atoms with Crippen LogP contribution in [0.1, 0.15) is 11.8 Å². The Bertz CT molecular complexity index is 450. The van der Waals surface area contributed by atoms with Crippen LogP contribution < -0.4 is 5.32 Å². The molecule has 2 rings (SSSR count). The predicted molar refractivity (Wildman–Crippen MR) is 64.9 cm³/mol. The van der Waals surface area contributed by atoms with Crippen LogP contribution in [0.3, 0.4) is 0 Å². The van der Waals surface area contributed by atoms with E-state index >= 15 is 0 Å². The van der Waals surface area contributed by atoms with Gasteiger partial charge in [-0.15, -0.1) is 11.3 Å². The van der Waals surface area contributed by atoms with Crippen molar-refractivity contribution < 1.29 is 4.39 Å². The van der Waals surface area contributed by atoms with Gasteiger partial charge in [-0.25, -0.2) is 9.37 Å². The van der Waals surface area contributed by atoms with Crippen LogP contribution in [0.4, 0.5) is 4.39 Å². The fraction of sp³-hybridized carbons (Fsp3) is 0.250. The van der Waals surface area contributed by atoms with Crippen LogP contribution in [0.25, 0.3) is 10.6 Å².